The van der Waals surface area contributed by atoms with Crippen molar-refractivity contribution in [3.63, 3.8) is 0 Å². The van der Waals surface area contributed by atoms with Crippen LogP contribution in [0.15, 0.2) is 41.6 Å². The van der Waals surface area contributed by atoms with Crippen molar-refractivity contribution in [2.24, 2.45) is 0 Å². The predicted molar refractivity (Wildman–Crippen MR) is 74.8 cm³/mol. The molecule has 0 bridgehead atoms. The molecule has 1 aromatic carbocycles. The van der Waals surface area contributed by atoms with Gasteiger partial charge in [0.2, 0.25) is 0 Å². The number of thiocyanates is 1. The first-order valence-electron chi connectivity index (χ1n) is 5.56. The normalized spacial score (nSPS) is 9.86. The molecule has 0 atom stereocenters. The Balaban J connectivity index is 2.74. The highest BCUT2D eigenvalue weighted by molar-refractivity contribution is 8.04. The van der Waals surface area contributed by atoms with Crippen LogP contribution in [0.5, 0.6) is 0 Å². The molecule has 1 heterocycles. The minimum absolute atomic E-state index is 0.178. The van der Waals surface area contributed by atoms with Crippen LogP contribution in [0.4, 0.5) is 5.69 Å². The van der Waals surface area contributed by atoms with Gasteiger partial charge >= 0.3 is 5.97 Å². The molecule has 2 rings (SSSR count). The third-order valence-electron chi connectivity index (χ3n) is 2.64. The van der Waals surface area contributed by atoms with Gasteiger partial charge in [0, 0.05) is 24.0 Å². The van der Waals surface area contributed by atoms with Gasteiger partial charge in [-0.2, -0.15) is 5.26 Å². The average molecular weight is 301 g/mol. The van der Waals surface area contributed by atoms with Crippen LogP contribution in [0.25, 0.3) is 11.1 Å². The Bertz CT molecular complexity index is 721. The number of carbonyl (C=O) groups is 1. The van der Waals surface area contributed by atoms with Crippen LogP contribution in [0.2, 0.25) is 0 Å². The van der Waals surface area contributed by atoms with Crippen LogP contribution >= 0.6 is 11.8 Å². The van der Waals surface area contributed by atoms with E-state index < -0.39 is 16.6 Å². The number of nitriles is 1. The lowest BCUT2D eigenvalue weighted by Crippen LogP contribution is -2.03. The zero-order valence-electron chi connectivity index (χ0n) is 10.4. The molecule has 0 spiro atoms. The van der Waals surface area contributed by atoms with Gasteiger partial charge in [-0.05, 0) is 29.5 Å². The summed E-state index contributed by atoms with van der Waals surface area (Å²) in [5.41, 5.74) is 0.209. The second-order valence-corrected chi connectivity index (χ2v) is 4.66. The van der Waals surface area contributed by atoms with E-state index in [1.54, 1.807) is 17.5 Å². The first kappa shape index (κ1) is 14.5. The van der Waals surface area contributed by atoms with Crippen molar-refractivity contribution in [2.75, 3.05) is 0 Å². The molecule has 8 heteroatoms. The van der Waals surface area contributed by atoms with Gasteiger partial charge in [-0.1, -0.05) is 6.07 Å². The number of aromatic nitrogens is 1. The van der Waals surface area contributed by atoms with E-state index in [2.05, 4.69) is 4.98 Å². The maximum atomic E-state index is 11.3. The Morgan fingerprint density at radius 2 is 2.19 bits per heavy atom. The first-order valence-corrected chi connectivity index (χ1v) is 6.38. The number of nitrogens with zero attached hydrogens (tertiary/aromatic N) is 3. The number of thioether (sulfide) groups is 1. The van der Waals surface area contributed by atoms with Crippen LogP contribution in [-0.2, 0) is 0 Å². The molecule has 7 nitrogen and oxygen atoms in total. The third-order valence-corrected chi connectivity index (χ3v) is 3.36. The van der Waals surface area contributed by atoms with E-state index in [9.17, 15) is 20.0 Å². The number of rotatable bonds is 4. The topological polar surface area (TPSA) is 117 Å². The summed E-state index contributed by atoms with van der Waals surface area (Å²) in [6, 6.07) is 5.84. The molecule has 104 valence electrons. The number of nitro benzene ring substituents is 1. The lowest BCUT2D eigenvalue weighted by molar-refractivity contribution is -0.387. The summed E-state index contributed by atoms with van der Waals surface area (Å²) in [6.45, 7) is 0. The molecule has 21 heavy (non-hydrogen) atoms. The number of nitro groups is 1. The number of aromatic carboxylic acids is 1. The molecular formula is C13H7N3O4S. The van der Waals surface area contributed by atoms with E-state index in [0.717, 1.165) is 0 Å². The maximum Gasteiger partial charge on any atom is 0.337 e. The van der Waals surface area contributed by atoms with Gasteiger partial charge in [0.1, 0.15) is 10.3 Å². The maximum absolute atomic E-state index is 11.3. The zero-order chi connectivity index (χ0) is 15.4. The molecule has 0 aliphatic rings. The summed E-state index contributed by atoms with van der Waals surface area (Å²) < 4.78 is 0. The SMILES string of the molecule is N#CSc1c(C(=O)O)cc(-c2cccnc2)cc1[N+](=O)[O-]. The molecule has 0 aliphatic carbocycles. The van der Waals surface area contributed by atoms with E-state index in [1.165, 1.54) is 24.5 Å². The van der Waals surface area contributed by atoms with E-state index in [1.807, 2.05) is 0 Å². The van der Waals surface area contributed by atoms with Crippen LogP contribution in [-0.4, -0.2) is 21.0 Å². The number of hydrogen-bond donors (Lipinski definition) is 1. The van der Waals surface area contributed by atoms with E-state index in [4.69, 9.17) is 5.26 Å². The van der Waals surface area contributed by atoms with Gasteiger partial charge in [-0.15, -0.1) is 0 Å². The lowest BCUT2D eigenvalue weighted by Gasteiger charge is -2.07. The van der Waals surface area contributed by atoms with Gasteiger partial charge < -0.3 is 5.11 Å². The van der Waals surface area contributed by atoms with Crippen molar-refractivity contribution in [2.45, 2.75) is 4.90 Å². The Hall–Kier alpha value is -2.92. The van der Waals surface area contributed by atoms with E-state index >= 15 is 0 Å². The van der Waals surface area contributed by atoms with Crippen molar-refractivity contribution in [1.29, 1.82) is 5.26 Å². The molecule has 1 N–H and O–H groups in total. The number of benzene rings is 1. The van der Waals surface area contributed by atoms with Gasteiger partial charge in [0.05, 0.1) is 10.5 Å². The largest absolute Gasteiger partial charge is 0.478 e. The van der Waals surface area contributed by atoms with E-state index in [0.29, 0.717) is 22.9 Å². The monoisotopic (exact) mass is 301 g/mol. The fourth-order valence-corrected chi connectivity index (χ4v) is 2.35. The minimum atomic E-state index is -1.33. The van der Waals surface area contributed by atoms with Crippen molar-refractivity contribution in [3.05, 3.63) is 52.3 Å². The average Bonchev–Trinajstić information content (AvgIpc) is 2.48. The lowest BCUT2D eigenvalue weighted by atomic mass is 10.0. The molecule has 1 aromatic heterocycles. The molecule has 2 aromatic rings. The van der Waals surface area contributed by atoms with Gasteiger partial charge in [0.25, 0.3) is 5.69 Å². The summed E-state index contributed by atoms with van der Waals surface area (Å²) in [7, 11) is 0. The summed E-state index contributed by atoms with van der Waals surface area (Å²) in [4.78, 5) is 25.4. The van der Waals surface area contributed by atoms with Crippen LogP contribution in [0.1, 0.15) is 10.4 Å². The highest BCUT2D eigenvalue weighted by Gasteiger charge is 2.24. The summed E-state index contributed by atoms with van der Waals surface area (Å²) in [6.07, 6.45) is 3.01. The molecule has 0 unspecified atom stereocenters. The fraction of sp³-hybridized carbons (Fsp3) is 0. The number of hydrogen-bond acceptors (Lipinski definition) is 6. The molecule has 0 amide bonds. The molecule has 0 fully saturated rings. The van der Waals surface area contributed by atoms with Crippen molar-refractivity contribution < 1.29 is 14.8 Å². The van der Waals surface area contributed by atoms with Gasteiger partial charge in [-0.3, -0.25) is 15.1 Å². The van der Waals surface area contributed by atoms with Crippen LogP contribution in [0.3, 0.4) is 0 Å². The van der Waals surface area contributed by atoms with Crippen molar-refractivity contribution >= 4 is 23.4 Å². The van der Waals surface area contributed by atoms with Crippen LogP contribution in [0, 0.1) is 20.8 Å². The molecular weight excluding hydrogens is 294 g/mol. The quantitative estimate of drug-likeness (QED) is 0.399. The molecule has 0 radical (unpaired) electrons. The first-order chi connectivity index (χ1) is 10.0. The molecule has 0 saturated heterocycles. The highest BCUT2D eigenvalue weighted by Crippen LogP contribution is 2.36. The second-order valence-electron chi connectivity index (χ2n) is 3.87. The highest BCUT2D eigenvalue weighted by atomic mass is 32.2. The number of carboxylic acid groups (broad SMARTS) is 1. The number of pyridine rings is 1. The third kappa shape index (κ3) is 2.98. The van der Waals surface area contributed by atoms with Gasteiger partial charge in [-0.25, -0.2) is 4.79 Å². The Labute approximate surface area is 123 Å². The van der Waals surface area contributed by atoms with Crippen molar-refractivity contribution in [1.82, 2.24) is 4.98 Å². The summed E-state index contributed by atoms with van der Waals surface area (Å²) >= 11 is 0.457. The van der Waals surface area contributed by atoms with Crippen LogP contribution < -0.4 is 0 Å². The standard InChI is InChI=1S/C13H7N3O4S/c14-7-21-12-10(13(17)18)4-9(5-11(12)16(19)20)8-2-1-3-15-6-8/h1-6H,(H,17,18). The van der Waals surface area contributed by atoms with E-state index in [-0.39, 0.29) is 10.5 Å². The summed E-state index contributed by atoms with van der Waals surface area (Å²) in [5.74, 6) is -1.33. The Morgan fingerprint density at radius 3 is 2.71 bits per heavy atom. The number of carboxylic acids is 1. The second kappa shape index (κ2) is 6.02. The minimum Gasteiger partial charge on any atom is -0.478 e. The van der Waals surface area contributed by atoms with Gasteiger partial charge in [0.15, 0.2) is 0 Å². The zero-order valence-corrected chi connectivity index (χ0v) is 11.2. The smallest absolute Gasteiger partial charge is 0.337 e. The predicted octanol–water partition coefficient (Wildman–Crippen LogP) is 2.93. The Kier molecular flexibility index (Phi) is 4.15. The molecule has 0 aliphatic heterocycles. The summed E-state index contributed by atoms with van der Waals surface area (Å²) in [5, 5.41) is 30.7. The van der Waals surface area contributed by atoms with Crippen molar-refractivity contribution in [3.8, 4) is 16.5 Å². The Morgan fingerprint density at radius 1 is 1.43 bits per heavy atom. The molecule has 0 saturated carbocycles. The fourth-order valence-electron chi connectivity index (χ4n) is 1.76.